The van der Waals surface area contributed by atoms with Crippen molar-refractivity contribution >= 4 is 17.7 Å². The summed E-state index contributed by atoms with van der Waals surface area (Å²) in [5.41, 5.74) is 5.12. The molecule has 1 fully saturated rings. The van der Waals surface area contributed by atoms with Crippen LogP contribution >= 0.6 is 0 Å². The van der Waals surface area contributed by atoms with Gasteiger partial charge in [-0.3, -0.25) is 4.79 Å². The minimum atomic E-state index is -0.366. The zero-order valence-corrected chi connectivity index (χ0v) is 16.4. The average Bonchev–Trinajstić information content (AvgIpc) is 2.95. The fourth-order valence-electron chi connectivity index (χ4n) is 4.06. The van der Waals surface area contributed by atoms with Crippen LogP contribution in [0.15, 0.2) is 35.9 Å². The number of aryl methyl sites for hydroxylation is 2. The second-order valence-electron chi connectivity index (χ2n) is 7.43. The lowest BCUT2D eigenvalue weighted by Gasteiger charge is -2.26. The van der Waals surface area contributed by atoms with Gasteiger partial charge in [0.05, 0.1) is 0 Å². The Bertz CT molecular complexity index is 908. The molecule has 0 aliphatic heterocycles. The van der Waals surface area contributed by atoms with E-state index < -0.39 is 0 Å². The van der Waals surface area contributed by atoms with E-state index in [-0.39, 0.29) is 11.5 Å². The van der Waals surface area contributed by atoms with E-state index in [0.29, 0.717) is 6.04 Å². The topological polar surface area (TPSA) is 57.8 Å². The number of rotatable bonds is 4. The van der Waals surface area contributed by atoms with E-state index in [0.717, 1.165) is 22.5 Å². The molecule has 0 saturated heterocycles. The van der Waals surface area contributed by atoms with Crippen molar-refractivity contribution in [2.75, 3.05) is 5.32 Å². The van der Waals surface area contributed by atoms with Crippen LogP contribution in [0.2, 0.25) is 0 Å². The summed E-state index contributed by atoms with van der Waals surface area (Å²) < 4.78 is 2.39. The monoisotopic (exact) mass is 361 g/mol. The van der Waals surface area contributed by atoms with Gasteiger partial charge in [-0.15, -0.1) is 0 Å². The molecule has 1 amide bonds. The molecule has 3 rings (SSSR count). The fraction of sp³-hybridized carbons (Fsp3) is 0.391. The van der Waals surface area contributed by atoms with Crippen molar-refractivity contribution in [2.24, 2.45) is 0 Å². The summed E-state index contributed by atoms with van der Waals surface area (Å²) in [4.78, 5) is 12.6. The summed E-state index contributed by atoms with van der Waals surface area (Å²) in [6.07, 6.45) is 8.00. The SMILES string of the molecule is Cc1ccccc1NC(=O)/C(C#N)=C/c1cc(C)n(C2CCCCC2)c1C. The number of hydrogen-bond acceptors (Lipinski definition) is 2. The number of hydrogen-bond donors (Lipinski definition) is 1. The van der Waals surface area contributed by atoms with Crippen molar-refractivity contribution in [1.82, 2.24) is 4.57 Å². The van der Waals surface area contributed by atoms with Crippen LogP contribution in [-0.4, -0.2) is 10.5 Å². The summed E-state index contributed by atoms with van der Waals surface area (Å²) in [7, 11) is 0. The summed E-state index contributed by atoms with van der Waals surface area (Å²) in [6.45, 7) is 6.13. The maximum absolute atomic E-state index is 12.6. The average molecular weight is 361 g/mol. The summed E-state index contributed by atoms with van der Waals surface area (Å²) in [5.74, 6) is -0.366. The van der Waals surface area contributed by atoms with Gasteiger partial charge in [0.1, 0.15) is 11.6 Å². The highest BCUT2D eigenvalue weighted by Gasteiger charge is 2.20. The molecule has 1 N–H and O–H groups in total. The van der Waals surface area contributed by atoms with Crippen LogP contribution in [0.1, 0.15) is 60.7 Å². The van der Waals surface area contributed by atoms with E-state index >= 15 is 0 Å². The van der Waals surface area contributed by atoms with Gasteiger partial charge in [-0.05, 0) is 62.9 Å². The highest BCUT2D eigenvalue weighted by atomic mass is 16.1. The summed E-state index contributed by atoms with van der Waals surface area (Å²) in [5, 5.41) is 12.4. The van der Waals surface area contributed by atoms with E-state index in [9.17, 15) is 10.1 Å². The van der Waals surface area contributed by atoms with Gasteiger partial charge in [0.15, 0.2) is 0 Å². The number of aromatic nitrogens is 1. The number of para-hydroxylation sites is 1. The quantitative estimate of drug-likeness (QED) is 0.580. The Morgan fingerprint density at radius 1 is 1.19 bits per heavy atom. The second kappa shape index (κ2) is 8.26. The third-order valence-corrected chi connectivity index (χ3v) is 5.52. The zero-order chi connectivity index (χ0) is 19.4. The smallest absolute Gasteiger partial charge is 0.266 e. The van der Waals surface area contributed by atoms with Crippen LogP contribution in [0.5, 0.6) is 0 Å². The Morgan fingerprint density at radius 3 is 2.56 bits per heavy atom. The van der Waals surface area contributed by atoms with Gasteiger partial charge in [-0.25, -0.2) is 0 Å². The van der Waals surface area contributed by atoms with Crippen LogP contribution in [0.3, 0.4) is 0 Å². The molecule has 140 valence electrons. The number of benzene rings is 1. The van der Waals surface area contributed by atoms with E-state index in [4.69, 9.17) is 0 Å². The Balaban J connectivity index is 1.86. The highest BCUT2D eigenvalue weighted by Crippen LogP contribution is 2.32. The Hall–Kier alpha value is -2.80. The van der Waals surface area contributed by atoms with Gasteiger partial charge in [0, 0.05) is 23.1 Å². The lowest BCUT2D eigenvalue weighted by atomic mass is 9.95. The van der Waals surface area contributed by atoms with Crippen molar-refractivity contribution in [3.05, 3.63) is 58.4 Å². The molecule has 1 heterocycles. The summed E-state index contributed by atoms with van der Waals surface area (Å²) >= 11 is 0. The highest BCUT2D eigenvalue weighted by molar-refractivity contribution is 6.10. The first-order valence-corrected chi connectivity index (χ1v) is 9.68. The van der Waals surface area contributed by atoms with Crippen LogP contribution in [0.4, 0.5) is 5.69 Å². The number of anilines is 1. The van der Waals surface area contributed by atoms with Gasteiger partial charge in [0.25, 0.3) is 5.91 Å². The first-order valence-electron chi connectivity index (χ1n) is 9.68. The molecule has 0 unspecified atom stereocenters. The standard InChI is InChI=1S/C23H27N3O/c1-16-9-7-8-12-22(16)25-23(27)20(15-24)14-19-13-17(2)26(18(19)3)21-10-5-4-6-11-21/h7-9,12-14,21H,4-6,10-11H2,1-3H3,(H,25,27)/b20-14+. The molecule has 1 saturated carbocycles. The van der Waals surface area contributed by atoms with E-state index in [1.807, 2.05) is 31.2 Å². The minimum absolute atomic E-state index is 0.127. The van der Waals surface area contributed by atoms with Gasteiger partial charge in [0.2, 0.25) is 0 Å². The first-order chi connectivity index (χ1) is 13.0. The number of nitrogens with zero attached hydrogens (tertiary/aromatic N) is 2. The van der Waals surface area contributed by atoms with Crippen LogP contribution in [0, 0.1) is 32.1 Å². The predicted molar refractivity (Wildman–Crippen MR) is 109 cm³/mol. The number of carbonyl (C=O) groups excluding carboxylic acids is 1. The van der Waals surface area contributed by atoms with E-state index in [1.54, 1.807) is 6.08 Å². The Morgan fingerprint density at radius 2 is 1.89 bits per heavy atom. The molecule has 1 aromatic carbocycles. The van der Waals surface area contributed by atoms with Crippen LogP contribution < -0.4 is 5.32 Å². The predicted octanol–water partition coefficient (Wildman–Crippen LogP) is 5.46. The third-order valence-electron chi connectivity index (χ3n) is 5.52. The van der Waals surface area contributed by atoms with Gasteiger partial charge < -0.3 is 9.88 Å². The first kappa shape index (κ1) is 19.0. The van der Waals surface area contributed by atoms with Crippen molar-refractivity contribution in [2.45, 2.75) is 58.9 Å². The molecule has 0 radical (unpaired) electrons. The van der Waals surface area contributed by atoms with Crippen molar-refractivity contribution in [3.8, 4) is 6.07 Å². The normalized spacial score (nSPS) is 15.4. The van der Waals surface area contributed by atoms with Gasteiger partial charge in [-0.2, -0.15) is 5.26 Å². The molecule has 1 aromatic heterocycles. The van der Waals surface area contributed by atoms with Crippen LogP contribution in [0.25, 0.3) is 6.08 Å². The molecule has 4 heteroatoms. The minimum Gasteiger partial charge on any atom is -0.346 e. The maximum Gasteiger partial charge on any atom is 0.266 e. The van der Waals surface area contributed by atoms with Gasteiger partial charge >= 0.3 is 0 Å². The number of nitriles is 1. The molecular weight excluding hydrogens is 334 g/mol. The van der Waals surface area contributed by atoms with Crippen molar-refractivity contribution in [3.63, 3.8) is 0 Å². The van der Waals surface area contributed by atoms with E-state index in [2.05, 4.69) is 35.9 Å². The second-order valence-corrected chi connectivity index (χ2v) is 7.43. The molecule has 4 nitrogen and oxygen atoms in total. The van der Waals surface area contributed by atoms with Gasteiger partial charge in [-0.1, -0.05) is 37.5 Å². The fourth-order valence-corrected chi connectivity index (χ4v) is 4.06. The molecule has 27 heavy (non-hydrogen) atoms. The number of carbonyl (C=O) groups is 1. The molecule has 1 aliphatic carbocycles. The van der Waals surface area contributed by atoms with E-state index in [1.165, 1.54) is 37.8 Å². The largest absolute Gasteiger partial charge is 0.346 e. The number of nitrogens with one attached hydrogen (secondary N) is 1. The molecule has 1 aliphatic rings. The van der Waals surface area contributed by atoms with Crippen LogP contribution in [-0.2, 0) is 4.79 Å². The van der Waals surface area contributed by atoms with Crippen molar-refractivity contribution < 1.29 is 4.79 Å². The molecule has 0 atom stereocenters. The number of amides is 1. The Kier molecular flexibility index (Phi) is 5.81. The molecule has 2 aromatic rings. The lowest BCUT2D eigenvalue weighted by Crippen LogP contribution is -2.15. The van der Waals surface area contributed by atoms with Crippen molar-refractivity contribution in [1.29, 1.82) is 5.26 Å². The molecular formula is C23H27N3O. The summed E-state index contributed by atoms with van der Waals surface area (Å²) in [6, 6.07) is 12.3. The third kappa shape index (κ3) is 4.14. The zero-order valence-electron chi connectivity index (χ0n) is 16.4. The lowest BCUT2D eigenvalue weighted by molar-refractivity contribution is -0.112. The Labute approximate surface area is 161 Å². The molecule has 0 bridgehead atoms. The maximum atomic E-state index is 12.6. The molecule has 0 spiro atoms.